The van der Waals surface area contributed by atoms with Crippen molar-refractivity contribution in [3.05, 3.63) is 0 Å². The Balaban J connectivity index is 0. The number of rotatable bonds is 8. The van der Waals surface area contributed by atoms with Crippen LogP contribution in [-0.4, -0.2) is 33.5 Å². The standard InChI is InChI=1S/2C8H19NO/c2*1-7(9)5-4-6-8(2,3)10/h2*7,10H,4-6,9H2,1-3H3. The zero-order valence-corrected chi connectivity index (χ0v) is 14.4. The minimum atomic E-state index is -0.519. The molecule has 0 aromatic rings. The van der Waals surface area contributed by atoms with Crippen LogP contribution in [0.5, 0.6) is 0 Å². The fourth-order valence-corrected chi connectivity index (χ4v) is 1.71. The van der Waals surface area contributed by atoms with Gasteiger partial charge in [-0.15, -0.1) is 0 Å². The molecule has 0 amide bonds. The summed E-state index contributed by atoms with van der Waals surface area (Å²) in [5, 5.41) is 18.6. The lowest BCUT2D eigenvalue weighted by Gasteiger charge is -2.16. The fraction of sp³-hybridized carbons (Fsp3) is 1.00. The van der Waals surface area contributed by atoms with Crippen LogP contribution in [0.3, 0.4) is 0 Å². The summed E-state index contributed by atoms with van der Waals surface area (Å²) in [5.74, 6) is 0. The first-order valence-electron chi connectivity index (χ1n) is 7.79. The Labute approximate surface area is 125 Å². The third-order valence-corrected chi connectivity index (χ3v) is 2.90. The Hall–Kier alpha value is -0.160. The molecule has 124 valence electrons. The van der Waals surface area contributed by atoms with Gasteiger partial charge in [-0.1, -0.05) is 0 Å². The van der Waals surface area contributed by atoms with E-state index in [1.54, 1.807) is 0 Å². The minimum Gasteiger partial charge on any atom is -0.390 e. The van der Waals surface area contributed by atoms with Crippen molar-refractivity contribution in [2.24, 2.45) is 11.5 Å². The van der Waals surface area contributed by atoms with Crippen molar-refractivity contribution in [2.45, 2.75) is 103 Å². The molecule has 0 aliphatic rings. The van der Waals surface area contributed by atoms with Crippen LogP contribution in [0, 0.1) is 0 Å². The summed E-state index contributed by atoms with van der Waals surface area (Å²) in [6, 6.07) is 0.532. The zero-order valence-electron chi connectivity index (χ0n) is 14.4. The fourth-order valence-electron chi connectivity index (χ4n) is 1.71. The predicted molar refractivity (Wildman–Crippen MR) is 87.6 cm³/mol. The molecule has 2 unspecified atom stereocenters. The Bertz CT molecular complexity index is 191. The van der Waals surface area contributed by atoms with Gasteiger partial charge in [0.25, 0.3) is 0 Å². The quantitative estimate of drug-likeness (QED) is 0.553. The van der Waals surface area contributed by atoms with E-state index in [0.29, 0.717) is 0 Å². The highest BCUT2D eigenvalue weighted by Gasteiger charge is 2.12. The van der Waals surface area contributed by atoms with Crippen molar-refractivity contribution in [3.63, 3.8) is 0 Å². The van der Waals surface area contributed by atoms with Crippen LogP contribution in [0.1, 0.15) is 80.1 Å². The summed E-state index contributed by atoms with van der Waals surface area (Å²) in [7, 11) is 0. The molecule has 0 aromatic heterocycles. The summed E-state index contributed by atoms with van der Waals surface area (Å²) in [5.41, 5.74) is 10.0. The van der Waals surface area contributed by atoms with Gasteiger partial charge in [0.15, 0.2) is 0 Å². The predicted octanol–water partition coefficient (Wildman–Crippen LogP) is 2.55. The first-order valence-corrected chi connectivity index (χ1v) is 7.79. The lowest BCUT2D eigenvalue weighted by molar-refractivity contribution is 0.0672. The number of hydrogen-bond donors (Lipinski definition) is 4. The Morgan fingerprint density at radius 3 is 1.15 bits per heavy atom. The maximum atomic E-state index is 9.29. The summed E-state index contributed by atoms with van der Waals surface area (Å²) >= 11 is 0. The molecule has 0 saturated carbocycles. The molecule has 0 fully saturated rings. The molecule has 0 radical (unpaired) electrons. The van der Waals surface area contributed by atoms with Gasteiger partial charge < -0.3 is 21.7 Å². The lowest BCUT2D eigenvalue weighted by Crippen LogP contribution is -2.20. The summed E-state index contributed by atoms with van der Waals surface area (Å²) in [6.07, 6.45) is 5.72. The number of hydrogen-bond acceptors (Lipinski definition) is 4. The molecule has 0 aliphatic heterocycles. The van der Waals surface area contributed by atoms with Crippen molar-refractivity contribution < 1.29 is 10.2 Å². The Morgan fingerprint density at radius 1 is 0.750 bits per heavy atom. The molecule has 0 aliphatic carbocycles. The summed E-state index contributed by atoms with van der Waals surface area (Å²) in [6.45, 7) is 11.3. The topological polar surface area (TPSA) is 92.5 Å². The highest BCUT2D eigenvalue weighted by Crippen LogP contribution is 2.12. The van der Waals surface area contributed by atoms with Crippen molar-refractivity contribution in [3.8, 4) is 0 Å². The van der Waals surface area contributed by atoms with Gasteiger partial charge in [-0.3, -0.25) is 0 Å². The highest BCUT2D eigenvalue weighted by molar-refractivity contribution is 4.66. The van der Waals surface area contributed by atoms with E-state index in [-0.39, 0.29) is 12.1 Å². The van der Waals surface area contributed by atoms with Gasteiger partial charge in [-0.05, 0) is 80.1 Å². The SMILES string of the molecule is CC(N)CCCC(C)(C)O.CC(N)CCCC(C)(C)O. The second-order valence-electron chi connectivity index (χ2n) is 7.36. The molecular weight excluding hydrogens is 252 g/mol. The van der Waals surface area contributed by atoms with E-state index in [0.717, 1.165) is 38.5 Å². The second-order valence-corrected chi connectivity index (χ2v) is 7.36. The van der Waals surface area contributed by atoms with Crippen molar-refractivity contribution in [2.75, 3.05) is 0 Å². The third-order valence-electron chi connectivity index (χ3n) is 2.90. The molecular formula is C16H38N2O2. The molecule has 6 N–H and O–H groups in total. The summed E-state index contributed by atoms with van der Waals surface area (Å²) < 4.78 is 0. The van der Waals surface area contributed by atoms with Crippen LogP contribution >= 0.6 is 0 Å². The van der Waals surface area contributed by atoms with Crippen LogP contribution in [-0.2, 0) is 0 Å². The van der Waals surface area contributed by atoms with E-state index in [1.165, 1.54) is 0 Å². The minimum absolute atomic E-state index is 0.266. The Kier molecular flexibility index (Phi) is 11.7. The van der Waals surface area contributed by atoms with Gasteiger partial charge in [0.2, 0.25) is 0 Å². The van der Waals surface area contributed by atoms with E-state index in [1.807, 2.05) is 41.5 Å². The van der Waals surface area contributed by atoms with Gasteiger partial charge in [-0.2, -0.15) is 0 Å². The molecule has 0 bridgehead atoms. The van der Waals surface area contributed by atoms with Gasteiger partial charge in [0.05, 0.1) is 11.2 Å². The molecule has 4 nitrogen and oxygen atoms in total. The molecule has 20 heavy (non-hydrogen) atoms. The normalized spacial score (nSPS) is 15.3. The monoisotopic (exact) mass is 290 g/mol. The van der Waals surface area contributed by atoms with Gasteiger partial charge in [-0.25, -0.2) is 0 Å². The van der Waals surface area contributed by atoms with E-state index in [4.69, 9.17) is 11.5 Å². The second kappa shape index (κ2) is 10.6. The van der Waals surface area contributed by atoms with E-state index >= 15 is 0 Å². The maximum absolute atomic E-state index is 9.29. The maximum Gasteiger partial charge on any atom is 0.0591 e. The van der Waals surface area contributed by atoms with Crippen molar-refractivity contribution >= 4 is 0 Å². The van der Waals surface area contributed by atoms with Crippen LogP contribution in [0.25, 0.3) is 0 Å². The molecule has 0 spiro atoms. The van der Waals surface area contributed by atoms with E-state index in [2.05, 4.69) is 0 Å². The first-order chi connectivity index (χ1) is 8.83. The zero-order chi connectivity index (χ0) is 16.4. The van der Waals surface area contributed by atoms with Gasteiger partial charge >= 0.3 is 0 Å². The van der Waals surface area contributed by atoms with Gasteiger partial charge in [0.1, 0.15) is 0 Å². The average molecular weight is 290 g/mol. The smallest absolute Gasteiger partial charge is 0.0591 e. The average Bonchev–Trinajstić information content (AvgIpc) is 2.12. The number of nitrogens with two attached hydrogens (primary N) is 2. The van der Waals surface area contributed by atoms with Gasteiger partial charge in [0, 0.05) is 12.1 Å². The largest absolute Gasteiger partial charge is 0.390 e. The van der Waals surface area contributed by atoms with Crippen LogP contribution in [0.15, 0.2) is 0 Å². The molecule has 0 heterocycles. The van der Waals surface area contributed by atoms with E-state index < -0.39 is 11.2 Å². The van der Waals surface area contributed by atoms with Crippen molar-refractivity contribution in [1.29, 1.82) is 0 Å². The molecule has 0 rings (SSSR count). The molecule has 0 saturated heterocycles. The first kappa shape index (κ1) is 22.1. The summed E-state index contributed by atoms with van der Waals surface area (Å²) in [4.78, 5) is 0. The van der Waals surface area contributed by atoms with Crippen LogP contribution < -0.4 is 11.5 Å². The molecule has 0 aromatic carbocycles. The van der Waals surface area contributed by atoms with Crippen molar-refractivity contribution in [1.82, 2.24) is 0 Å². The number of aliphatic hydroxyl groups is 2. The van der Waals surface area contributed by atoms with Crippen LogP contribution in [0.2, 0.25) is 0 Å². The molecule has 4 heteroatoms. The highest BCUT2D eigenvalue weighted by atomic mass is 16.3. The third kappa shape index (κ3) is 26.4. The molecule has 2 atom stereocenters. The Morgan fingerprint density at radius 2 is 1.00 bits per heavy atom. The van der Waals surface area contributed by atoms with Crippen LogP contribution in [0.4, 0.5) is 0 Å². The van der Waals surface area contributed by atoms with E-state index in [9.17, 15) is 10.2 Å². The lowest BCUT2D eigenvalue weighted by atomic mass is 10.00.